The molecule has 2 amide bonds. The highest BCUT2D eigenvalue weighted by atomic mass is 16.2. The largest absolute Gasteiger partial charge is 0.340 e. The Balaban J connectivity index is 1.44. The normalized spacial score (nSPS) is 15.7. The van der Waals surface area contributed by atoms with Gasteiger partial charge in [-0.1, -0.05) is 54.6 Å². The molecule has 0 spiro atoms. The Morgan fingerprint density at radius 1 is 1.00 bits per heavy atom. The molecule has 0 aliphatic carbocycles. The first-order valence-electron chi connectivity index (χ1n) is 12.0. The Labute approximate surface area is 205 Å². The van der Waals surface area contributed by atoms with Crippen molar-refractivity contribution >= 4 is 28.5 Å². The van der Waals surface area contributed by atoms with Gasteiger partial charge in [-0.2, -0.15) is 0 Å². The van der Waals surface area contributed by atoms with E-state index in [0.717, 1.165) is 39.2 Å². The molecule has 1 aliphatic heterocycles. The van der Waals surface area contributed by atoms with Crippen LogP contribution < -0.4 is 4.90 Å². The average molecular weight is 467 g/mol. The number of rotatable bonds is 6. The van der Waals surface area contributed by atoms with E-state index < -0.39 is 0 Å². The average Bonchev–Trinajstić information content (AvgIpc) is 3.42. The van der Waals surface area contributed by atoms with E-state index in [9.17, 15) is 9.59 Å². The van der Waals surface area contributed by atoms with Crippen LogP contribution in [0.2, 0.25) is 0 Å². The summed E-state index contributed by atoms with van der Waals surface area (Å²) in [6, 6.07) is 23.9. The van der Waals surface area contributed by atoms with Gasteiger partial charge in [-0.05, 0) is 48.7 Å². The van der Waals surface area contributed by atoms with Crippen LogP contribution in [0.4, 0.5) is 5.69 Å². The summed E-state index contributed by atoms with van der Waals surface area (Å²) in [6.45, 7) is 5.41. The first kappa shape index (κ1) is 22.8. The third kappa shape index (κ3) is 4.44. The molecule has 6 heteroatoms. The monoisotopic (exact) mass is 466 g/mol. The number of hydrogen-bond acceptors (Lipinski definition) is 3. The predicted molar refractivity (Wildman–Crippen MR) is 138 cm³/mol. The van der Waals surface area contributed by atoms with Gasteiger partial charge in [0.15, 0.2) is 0 Å². The van der Waals surface area contributed by atoms with E-state index in [2.05, 4.69) is 19.9 Å². The predicted octanol–water partition coefficient (Wildman–Crippen LogP) is 4.83. The lowest BCUT2D eigenvalue weighted by atomic mass is 10.1. The summed E-state index contributed by atoms with van der Waals surface area (Å²) in [5, 5.41) is 0. The van der Waals surface area contributed by atoms with Gasteiger partial charge in [-0.15, -0.1) is 0 Å². The van der Waals surface area contributed by atoms with Crippen molar-refractivity contribution in [3.63, 3.8) is 0 Å². The van der Waals surface area contributed by atoms with Gasteiger partial charge >= 0.3 is 0 Å². The number of carbonyl (C=O) groups excluding carboxylic acids is 2. The summed E-state index contributed by atoms with van der Waals surface area (Å²) in [6.07, 6.45) is 0.380. The van der Waals surface area contributed by atoms with Crippen LogP contribution in [0.3, 0.4) is 0 Å². The molecule has 35 heavy (non-hydrogen) atoms. The van der Waals surface area contributed by atoms with Crippen LogP contribution in [0.15, 0.2) is 72.8 Å². The minimum absolute atomic E-state index is 0.00830. The Kier molecular flexibility index (Phi) is 6.12. The summed E-state index contributed by atoms with van der Waals surface area (Å²) in [5.74, 6) is 0.819. The van der Waals surface area contributed by atoms with Crippen LogP contribution in [-0.2, 0) is 22.7 Å². The Morgan fingerprint density at radius 2 is 1.74 bits per heavy atom. The standard InChI is InChI=1S/C29H30N4O2/c1-20-10-9-15-25(21(20)2)32-18-23(16-27(32)34)29-30-24-13-7-8-14-26(24)33(29)19-28(35)31(3)17-22-11-5-4-6-12-22/h4-15,23H,16-19H2,1-3H3. The van der Waals surface area contributed by atoms with Crippen molar-refractivity contribution in [2.24, 2.45) is 0 Å². The molecule has 0 radical (unpaired) electrons. The van der Waals surface area contributed by atoms with Gasteiger partial charge in [-0.25, -0.2) is 4.98 Å². The summed E-state index contributed by atoms with van der Waals surface area (Å²) in [5.41, 5.74) is 6.09. The fourth-order valence-corrected chi connectivity index (χ4v) is 4.91. The van der Waals surface area contributed by atoms with Gasteiger partial charge in [0.25, 0.3) is 0 Å². The summed E-state index contributed by atoms with van der Waals surface area (Å²) >= 11 is 0. The highest BCUT2D eigenvalue weighted by molar-refractivity contribution is 5.97. The molecule has 1 fully saturated rings. The summed E-state index contributed by atoms with van der Waals surface area (Å²) in [7, 11) is 1.83. The van der Waals surface area contributed by atoms with E-state index in [1.165, 1.54) is 0 Å². The van der Waals surface area contributed by atoms with Crippen LogP contribution in [0, 0.1) is 13.8 Å². The van der Waals surface area contributed by atoms with E-state index in [4.69, 9.17) is 4.98 Å². The molecule has 1 saturated heterocycles. The summed E-state index contributed by atoms with van der Waals surface area (Å²) < 4.78 is 2.00. The van der Waals surface area contributed by atoms with Gasteiger partial charge < -0.3 is 14.4 Å². The summed E-state index contributed by atoms with van der Waals surface area (Å²) in [4.78, 5) is 34.9. The number of nitrogens with zero attached hydrogens (tertiary/aromatic N) is 4. The van der Waals surface area contributed by atoms with E-state index in [-0.39, 0.29) is 24.3 Å². The van der Waals surface area contributed by atoms with E-state index in [0.29, 0.717) is 19.5 Å². The number of para-hydroxylation sites is 2. The number of imidazole rings is 1. The van der Waals surface area contributed by atoms with Crippen molar-refractivity contribution in [2.75, 3.05) is 18.5 Å². The fraction of sp³-hybridized carbons (Fsp3) is 0.276. The zero-order valence-electron chi connectivity index (χ0n) is 20.4. The molecule has 178 valence electrons. The maximum atomic E-state index is 13.3. The highest BCUT2D eigenvalue weighted by Gasteiger charge is 2.35. The number of amides is 2. The van der Waals surface area contributed by atoms with Crippen LogP contribution in [0.25, 0.3) is 11.0 Å². The third-order valence-electron chi connectivity index (χ3n) is 7.02. The first-order chi connectivity index (χ1) is 16.9. The molecular formula is C29H30N4O2. The number of aryl methyl sites for hydroxylation is 1. The van der Waals surface area contributed by atoms with Crippen LogP contribution in [0.1, 0.15) is 34.9 Å². The first-order valence-corrected chi connectivity index (χ1v) is 12.0. The Hall–Kier alpha value is -3.93. The lowest BCUT2D eigenvalue weighted by Crippen LogP contribution is -2.30. The number of anilines is 1. The number of likely N-dealkylation sites (N-methyl/N-ethyl adjacent to an activating group) is 1. The van der Waals surface area contributed by atoms with E-state index in [1.807, 2.05) is 83.2 Å². The van der Waals surface area contributed by atoms with Crippen LogP contribution >= 0.6 is 0 Å². The van der Waals surface area contributed by atoms with Gasteiger partial charge in [0.05, 0.1) is 11.0 Å². The highest BCUT2D eigenvalue weighted by Crippen LogP contribution is 2.35. The molecule has 6 nitrogen and oxygen atoms in total. The molecule has 1 aromatic heterocycles. The van der Waals surface area contributed by atoms with Crippen molar-refractivity contribution in [3.8, 4) is 0 Å². The van der Waals surface area contributed by atoms with Gasteiger partial charge in [0.2, 0.25) is 11.8 Å². The quantitative estimate of drug-likeness (QED) is 0.409. The lowest BCUT2D eigenvalue weighted by Gasteiger charge is -2.21. The number of aromatic nitrogens is 2. The molecule has 4 aromatic rings. The van der Waals surface area contributed by atoms with Crippen molar-refractivity contribution in [1.82, 2.24) is 14.5 Å². The molecule has 0 N–H and O–H groups in total. The molecule has 1 unspecified atom stereocenters. The minimum Gasteiger partial charge on any atom is -0.340 e. The van der Waals surface area contributed by atoms with Gasteiger partial charge in [0.1, 0.15) is 12.4 Å². The van der Waals surface area contributed by atoms with Gasteiger partial charge in [0, 0.05) is 38.2 Å². The molecule has 3 aromatic carbocycles. The lowest BCUT2D eigenvalue weighted by molar-refractivity contribution is -0.131. The zero-order valence-corrected chi connectivity index (χ0v) is 20.4. The number of benzene rings is 3. The number of hydrogen-bond donors (Lipinski definition) is 0. The SMILES string of the molecule is Cc1cccc(N2CC(c3nc4ccccc4n3CC(=O)N(C)Cc3ccccc3)CC2=O)c1C. The van der Waals surface area contributed by atoms with E-state index in [1.54, 1.807) is 4.90 Å². The van der Waals surface area contributed by atoms with Crippen molar-refractivity contribution in [3.05, 3.63) is 95.3 Å². The molecule has 1 atom stereocenters. The minimum atomic E-state index is -0.0814. The van der Waals surface area contributed by atoms with E-state index >= 15 is 0 Å². The molecule has 5 rings (SSSR count). The smallest absolute Gasteiger partial charge is 0.242 e. The number of fused-ring (bicyclic) bond motifs is 1. The molecule has 2 heterocycles. The Bertz CT molecular complexity index is 1390. The fourth-order valence-electron chi connectivity index (χ4n) is 4.91. The van der Waals surface area contributed by atoms with Crippen LogP contribution in [-0.4, -0.2) is 39.9 Å². The maximum Gasteiger partial charge on any atom is 0.242 e. The molecule has 0 bridgehead atoms. The molecular weight excluding hydrogens is 436 g/mol. The van der Waals surface area contributed by atoms with Crippen molar-refractivity contribution < 1.29 is 9.59 Å². The van der Waals surface area contributed by atoms with Crippen molar-refractivity contribution in [2.45, 2.75) is 39.3 Å². The topological polar surface area (TPSA) is 58.4 Å². The number of carbonyl (C=O) groups is 2. The molecule has 1 aliphatic rings. The molecule has 0 saturated carbocycles. The maximum absolute atomic E-state index is 13.3. The second-order valence-electron chi connectivity index (χ2n) is 9.40. The third-order valence-corrected chi connectivity index (χ3v) is 7.02. The Morgan fingerprint density at radius 3 is 2.54 bits per heavy atom. The second-order valence-corrected chi connectivity index (χ2v) is 9.40. The van der Waals surface area contributed by atoms with Crippen molar-refractivity contribution in [1.29, 1.82) is 0 Å². The van der Waals surface area contributed by atoms with Crippen LogP contribution in [0.5, 0.6) is 0 Å². The zero-order chi connectivity index (χ0) is 24.5. The second kappa shape index (κ2) is 9.37. The van der Waals surface area contributed by atoms with Gasteiger partial charge in [-0.3, -0.25) is 9.59 Å².